The Hall–Kier alpha value is -1.46. The van der Waals surface area contributed by atoms with E-state index in [1.165, 1.54) is 19.6 Å². The topological polar surface area (TPSA) is 117 Å². The lowest BCUT2D eigenvalue weighted by molar-refractivity contribution is -0.0950. The molecule has 0 radical (unpaired) electrons. The first-order valence-electron chi connectivity index (χ1n) is 7.78. The van der Waals surface area contributed by atoms with Crippen LogP contribution in [0.25, 0.3) is 11.2 Å². The van der Waals surface area contributed by atoms with Gasteiger partial charge in [-0.2, -0.15) is 0 Å². The Morgan fingerprint density at radius 3 is 2.92 bits per heavy atom. The third-order valence-electron chi connectivity index (χ3n) is 4.52. The van der Waals surface area contributed by atoms with Gasteiger partial charge in [0.15, 0.2) is 23.2 Å². The fourth-order valence-corrected chi connectivity index (χ4v) is 4.19. The molecule has 2 aliphatic heterocycles. The molecule has 2 aliphatic rings. The molecule has 4 atom stereocenters. The fourth-order valence-electron chi connectivity index (χ4n) is 3.20. The van der Waals surface area contributed by atoms with Crippen molar-refractivity contribution in [3.8, 4) is 0 Å². The van der Waals surface area contributed by atoms with E-state index in [0.29, 0.717) is 11.2 Å². The molecule has 2 aromatic heterocycles. The maximum atomic E-state index is 10.6. The van der Waals surface area contributed by atoms with Crippen LogP contribution >= 0.6 is 11.9 Å². The summed E-state index contributed by atoms with van der Waals surface area (Å²) in [5.41, 5.74) is -0.439. The number of hydrogen-bond donors (Lipinski definition) is 3. The van der Waals surface area contributed by atoms with E-state index in [-0.39, 0.29) is 6.61 Å². The second kappa shape index (κ2) is 5.81. The lowest BCUT2D eigenvalue weighted by Crippen LogP contribution is -2.44. The number of aliphatic hydroxyl groups excluding tert-OH is 2. The molecule has 4 rings (SSSR count). The molecular weight excluding hydrogens is 334 g/mol. The molecule has 0 amide bonds. The van der Waals surface area contributed by atoms with E-state index in [4.69, 9.17) is 4.74 Å². The number of aliphatic hydroxyl groups is 3. The van der Waals surface area contributed by atoms with Gasteiger partial charge >= 0.3 is 0 Å². The van der Waals surface area contributed by atoms with Crippen molar-refractivity contribution in [2.75, 3.05) is 23.2 Å². The first kappa shape index (κ1) is 16.0. The van der Waals surface area contributed by atoms with Gasteiger partial charge in [-0.1, -0.05) is 0 Å². The number of nitrogens with zero attached hydrogens (tertiary/aromatic N) is 5. The zero-order valence-corrected chi connectivity index (χ0v) is 13.9. The zero-order valence-electron chi connectivity index (χ0n) is 13.1. The third kappa shape index (κ3) is 2.29. The van der Waals surface area contributed by atoms with Gasteiger partial charge in [-0.3, -0.25) is 8.87 Å². The molecule has 130 valence electrons. The molecule has 0 spiro atoms. The van der Waals surface area contributed by atoms with E-state index >= 15 is 0 Å². The largest absolute Gasteiger partial charge is 0.394 e. The van der Waals surface area contributed by atoms with Gasteiger partial charge in [-0.15, -0.1) is 0 Å². The normalized spacial score (nSPS) is 33.7. The number of hydrogen-bond acceptors (Lipinski definition) is 9. The van der Waals surface area contributed by atoms with E-state index in [1.54, 1.807) is 16.5 Å². The highest BCUT2D eigenvalue weighted by Gasteiger charge is 2.53. The Morgan fingerprint density at radius 2 is 2.25 bits per heavy atom. The van der Waals surface area contributed by atoms with Crippen LogP contribution in [0, 0.1) is 0 Å². The van der Waals surface area contributed by atoms with Crippen molar-refractivity contribution < 1.29 is 20.1 Å². The minimum atomic E-state index is -1.57. The highest BCUT2D eigenvalue weighted by Crippen LogP contribution is 2.40. The molecule has 2 fully saturated rings. The maximum absolute atomic E-state index is 10.6. The molecule has 1 unspecified atom stereocenters. The zero-order chi connectivity index (χ0) is 16.9. The van der Waals surface area contributed by atoms with Crippen LogP contribution in [0.3, 0.4) is 0 Å². The molecule has 0 aromatic carbocycles. The van der Waals surface area contributed by atoms with Crippen molar-refractivity contribution in [2.45, 2.75) is 37.4 Å². The molecule has 2 saturated heterocycles. The van der Waals surface area contributed by atoms with Gasteiger partial charge in [-0.25, -0.2) is 15.0 Å². The Kier molecular flexibility index (Phi) is 3.88. The minimum Gasteiger partial charge on any atom is -0.394 e. The predicted molar refractivity (Wildman–Crippen MR) is 87.4 cm³/mol. The summed E-state index contributed by atoms with van der Waals surface area (Å²) in [6, 6.07) is 0. The summed E-state index contributed by atoms with van der Waals surface area (Å²) in [7, 11) is 0. The van der Waals surface area contributed by atoms with Crippen LogP contribution in [0.2, 0.25) is 0 Å². The molecule has 0 saturated carbocycles. The Balaban J connectivity index is 1.77. The summed E-state index contributed by atoms with van der Waals surface area (Å²) in [6.45, 7) is 1.99. The van der Waals surface area contributed by atoms with E-state index in [1.807, 2.05) is 0 Å². The van der Waals surface area contributed by atoms with E-state index < -0.39 is 24.0 Å². The number of fused-ring (bicyclic) bond motifs is 1. The summed E-state index contributed by atoms with van der Waals surface area (Å²) in [4.78, 5) is 13.0. The molecule has 3 N–H and O–H groups in total. The first-order chi connectivity index (χ1) is 11.5. The van der Waals surface area contributed by atoms with Crippen molar-refractivity contribution in [1.82, 2.24) is 19.5 Å². The van der Waals surface area contributed by atoms with Gasteiger partial charge in [0.25, 0.3) is 0 Å². The summed E-state index contributed by atoms with van der Waals surface area (Å²) in [5.74, 6) is 1.77. The quantitative estimate of drug-likeness (QED) is 0.639. The predicted octanol–water partition coefficient (Wildman–Crippen LogP) is -0.314. The molecule has 0 bridgehead atoms. The number of ether oxygens (including phenoxy) is 1. The number of imidazole rings is 1. The van der Waals surface area contributed by atoms with Crippen LogP contribution in [0.15, 0.2) is 12.7 Å². The standard InChI is InChI=1S/C14H19N5O4S/c1-14(22)10(21)8(5-20)23-13(14)18-7-17-9-11(18)15-6-16-12(9)19-3-2-4-24-19/h6-8,10,13,20-22H,2-5H2,1H3/t8-,10-,13?,14-/m1/s1. The second-order valence-electron chi connectivity index (χ2n) is 6.19. The van der Waals surface area contributed by atoms with Crippen molar-refractivity contribution in [2.24, 2.45) is 0 Å². The van der Waals surface area contributed by atoms with Crippen LogP contribution in [0.5, 0.6) is 0 Å². The van der Waals surface area contributed by atoms with Gasteiger partial charge < -0.3 is 20.1 Å². The molecule has 0 aliphatic carbocycles. The first-order valence-corrected chi connectivity index (χ1v) is 8.73. The molecule has 4 heterocycles. The monoisotopic (exact) mass is 353 g/mol. The highest BCUT2D eigenvalue weighted by atomic mass is 32.2. The van der Waals surface area contributed by atoms with Gasteiger partial charge in [0, 0.05) is 12.3 Å². The number of aromatic nitrogens is 4. The molecular formula is C14H19N5O4S. The van der Waals surface area contributed by atoms with Gasteiger partial charge in [0.05, 0.1) is 12.9 Å². The van der Waals surface area contributed by atoms with Gasteiger partial charge in [-0.05, 0) is 25.3 Å². The van der Waals surface area contributed by atoms with Crippen LogP contribution in [-0.2, 0) is 4.74 Å². The molecule has 24 heavy (non-hydrogen) atoms. The SMILES string of the molecule is C[C@]1(O)C(n2cnc3c(N4CCCS4)ncnc32)O[C@H](CO)[C@H]1O. The van der Waals surface area contributed by atoms with Gasteiger partial charge in [0.2, 0.25) is 0 Å². The maximum Gasteiger partial charge on any atom is 0.170 e. The summed E-state index contributed by atoms with van der Waals surface area (Å²) >= 11 is 1.70. The average molecular weight is 353 g/mol. The minimum absolute atomic E-state index is 0.384. The fraction of sp³-hybridized carbons (Fsp3) is 0.643. The van der Waals surface area contributed by atoms with Gasteiger partial charge in [0.1, 0.15) is 24.1 Å². The van der Waals surface area contributed by atoms with Crippen molar-refractivity contribution in [3.63, 3.8) is 0 Å². The van der Waals surface area contributed by atoms with E-state index in [9.17, 15) is 15.3 Å². The van der Waals surface area contributed by atoms with Crippen LogP contribution < -0.4 is 4.31 Å². The lowest BCUT2D eigenvalue weighted by Gasteiger charge is -2.27. The lowest BCUT2D eigenvalue weighted by atomic mass is 9.96. The number of rotatable bonds is 3. The van der Waals surface area contributed by atoms with Crippen molar-refractivity contribution in [3.05, 3.63) is 12.7 Å². The molecule has 9 nitrogen and oxygen atoms in total. The second-order valence-corrected chi connectivity index (χ2v) is 7.30. The average Bonchev–Trinajstić information content (AvgIpc) is 3.28. The van der Waals surface area contributed by atoms with Crippen LogP contribution in [0.4, 0.5) is 5.82 Å². The van der Waals surface area contributed by atoms with Crippen LogP contribution in [-0.4, -0.2) is 71.6 Å². The number of anilines is 1. The van der Waals surface area contributed by atoms with E-state index in [2.05, 4.69) is 19.3 Å². The highest BCUT2D eigenvalue weighted by molar-refractivity contribution is 8.00. The summed E-state index contributed by atoms with van der Waals surface area (Å²) in [5, 5.41) is 30.1. The van der Waals surface area contributed by atoms with Crippen molar-refractivity contribution >= 4 is 28.9 Å². The summed E-state index contributed by atoms with van der Waals surface area (Å²) in [6.07, 6.45) is 1.09. The Labute approximate surface area is 142 Å². The smallest absolute Gasteiger partial charge is 0.170 e. The van der Waals surface area contributed by atoms with Crippen molar-refractivity contribution in [1.29, 1.82) is 0 Å². The van der Waals surface area contributed by atoms with Crippen LogP contribution in [0.1, 0.15) is 19.6 Å². The molecule has 2 aromatic rings. The third-order valence-corrected chi connectivity index (χ3v) is 5.65. The Morgan fingerprint density at radius 1 is 1.42 bits per heavy atom. The Bertz CT molecular complexity index is 748. The summed E-state index contributed by atoms with van der Waals surface area (Å²) < 4.78 is 9.32. The molecule has 10 heteroatoms. The van der Waals surface area contributed by atoms with E-state index in [0.717, 1.165) is 24.5 Å².